The highest BCUT2D eigenvalue weighted by molar-refractivity contribution is 7.91. The third-order valence-electron chi connectivity index (χ3n) is 4.11. The Morgan fingerprint density at radius 3 is 2.25 bits per heavy atom. The molecule has 1 fully saturated rings. The molecule has 0 saturated heterocycles. The normalized spacial score (nSPS) is 21.5. The van der Waals surface area contributed by atoms with Crippen LogP contribution in [0.3, 0.4) is 0 Å². The highest BCUT2D eigenvalue weighted by atomic mass is 32.2. The molecule has 1 amide bonds. The summed E-state index contributed by atoms with van der Waals surface area (Å²) in [6.07, 6.45) is 1.62. The van der Waals surface area contributed by atoms with Gasteiger partial charge < -0.3 is 10.4 Å². The van der Waals surface area contributed by atoms with E-state index in [1.807, 2.05) is 0 Å². The number of carbonyl (C=O) groups excluding carboxylic acids is 1. The fourth-order valence-electron chi connectivity index (χ4n) is 2.70. The molecule has 0 spiro atoms. The Morgan fingerprint density at radius 1 is 1.12 bits per heavy atom. The van der Waals surface area contributed by atoms with Crippen molar-refractivity contribution in [2.75, 3.05) is 5.32 Å². The SMILES string of the molecule is O=C(O)C1CCC(C(=O)Nc2cccc(S(=O)(=O)C(F)F)c2)CC1. The van der Waals surface area contributed by atoms with Crippen LogP contribution in [0.15, 0.2) is 29.2 Å². The summed E-state index contributed by atoms with van der Waals surface area (Å²) >= 11 is 0. The van der Waals surface area contributed by atoms with Crippen LogP contribution in [-0.2, 0) is 19.4 Å². The Balaban J connectivity index is 2.04. The molecule has 1 aliphatic carbocycles. The van der Waals surface area contributed by atoms with Crippen LogP contribution in [-0.4, -0.2) is 31.2 Å². The number of carboxylic acids is 1. The summed E-state index contributed by atoms with van der Waals surface area (Å²) < 4.78 is 48.0. The van der Waals surface area contributed by atoms with E-state index in [2.05, 4.69) is 5.32 Å². The molecule has 0 radical (unpaired) electrons. The van der Waals surface area contributed by atoms with Crippen molar-refractivity contribution < 1.29 is 31.9 Å². The number of rotatable bonds is 5. The summed E-state index contributed by atoms with van der Waals surface area (Å²) in [4.78, 5) is 22.5. The van der Waals surface area contributed by atoms with Crippen molar-refractivity contribution in [1.82, 2.24) is 0 Å². The van der Waals surface area contributed by atoms with Gasteiger partial charge in [0.15, 0.2) is 0 Å². The Hall–Kier alpha value is -2.03. The molecule has 0 atom stereocenters. The van der Waals surface area contributed by atoms with Gasteiger partial charge in [0.25, 0.3) is 0 Å². The van der Waals surface area contributed by atoms with Crippen LogP contribution in [0.2, 0.25) is 0 Å². The van der Waals surface area contributed by atoms with Crippen LogP contribution in [0, 0.1) is 11.8 Å². The minimum absolute atomic E-state index is 0.113. The highest BCUT2D eigenvalue weighted by Gasteiger charge is 2.30. The number of halogens is 2. The first-order valence-corrected chi connectivity index (χ1v) is 8.92. The molecule has 1 aliphatic rings. The summed E-state index contributed by atoms with van der Waals surface area (Å²) in [5.74, 6) is -5.61. The molecule has 1 aromatic carbocycles. The van der Waals surface area contributed by atoms with Gasteiger partial charge in [-0.3, -0.25) is 9.59 Å². The van der Waals surface area contributed by atoms with Crippen LogP contribution in [0.4, 0.5) is 14.5 Å². The first kappa shape index (κ1) is 18.3. The number of amides is 1. The lowest BCUT2D eigenvalue weighted by molar-refractivity contribution is -0.143. The fraction of sp³-hybridized carbons (Fsp3) is 0.467. The standard InChI is InChI=1S/C15H17F2NO5S/c16-15(17)24(22,23)12-3-1-2-11(8-12)18-13(19)9-4-6-10(7-5-9)14(20)21/h1-3,8-10,15H,4-7H2,(H,18,19)(H,20,21). The quantitative estimate of drug-likeness (QED) is 0.839. The number of aliphatic carboxylic acids is 1. The van der Waals surface area contributed by atoms with Crippen molar-refractivity contribution >= 4 is 27.4 Å². The smallest absolute Gasteiger partial charge is 0.341 e. The number of anilines is 1. The first-order chi connectivity index (χ1) is 11.2. The van der Waals surface area contributed by atoms with E-state index in [1.54, 1.807) is 0 Å². The van der Waals surface area contributed by atoms with Gasteiger partial charge in [0.2, 0.25) is 15.7 Å². The second-order valence-corrected chi connectivity index (χ2v) is 7.63. The summed E-state index contributed by atoms with van der Waals surface area (Å²) in [5, 5.41) is 11.4. The maximum atomic E-state index is 12.6. The van der Waals surface area contributed by atoms with Crippen LogP contribution in [0.5, 0.6) is 0 Å². The molecule has 2 rings (SSSR count). The van der Waals surface area contributed by atoms with Gasteiger partial charge in [-0.1, -0.05) is 6.07 Å². The topological polar surface area (TPSA) is 101 Å². The van der Waals surface area contributed by atoms with E-state index < -0.39 is 32.4 Å². The fourth-order valence-corrected chi connectivity index (χ4v) is 3.47. The van der Waals surface area contributed by atoms with Gasteiger partial charge in [-0.2, -0.15) is 8.78 Å². The molecule has 0 aliphatic heterocycles. The van der Waals surface area contributed by atoms with E-state index >= 15 is 0 Å². The van der Waals surface area contributed by atoms with Gasteiger partial charge in [0.1, 0.15) is 0 Å². The van der Waals surface area contributed by atoms with Crippen molar-refractivity contribution in [3.8, 4) is 0 Å². The van der Waals surface area contributed by atoms with Crippen LogP contribution in [0.1, 0.15) is 25.7 Å². The molecule has 2 N–H and O–H groups in total. The van der Waals surface area contributed by atoms with Crippen molar-refractivity contribution in [1.29, 1.82) is 0 Å². The van der Waals surface area contributed by atoms with Crippen molar-refractivity contribution in [3.63, 3.8) is 0 Å². The molecule has 0 unspecified atom stereocenters. The Morgan fingerprint density at radius 2 is 1.71 bits per heavy atom. The van der Waals surface area contributed by atoms with E-state index in [-0.39, 0.29) is 17.5 Å². The van der Waals surface area contributed by atoms with E-state index in [9.17, 15) is 26.8 Å². The van der Waals surface area contributed by atoms with Gasteiger partial charge in [0, 0.05) is 11.6 Å². The predicted octanol–water partition coefficient (Wildman–Crippen LogP) is 2.51. The number of hydrogen-bond donors (Lipinski definition) is 2. The summed E-state index contributed by atoms with van der Waals surface area (Å²) in [5.41, 5.74) is 0.113. The molecule has 0 heterocycles. The van der Waals surface area contributed by atoms with E-state index in [4.69, 9.17) is 5.11 Å². The maximum absolute atomic E-state index is 12.6. The van der Waals surface area contributed by atoms with Crippen molar-refractivity contribution in [2.24, 2.45) is 11.8 Å². The zero-order valence-corrected chi connectivity index (χ0v) is 13.4. The van der Waals surface area contributed by atoms with Crippen molar-refractivity contribution in [2.45, 2.75) is 36.3 Å². The molecule has 24 heavy (non-hydrogen) atoms. The molecule has 0 bridgehead atoms. The molecular formula is C15H17F2NO5S. The Bertz CT molecular complexity index is 727. The number of nitrogens with one attached hydrogen (secondary N) is 1. The molecule has 0 aromatic heterocycles. The van der Waals surface area contributed by atoms with E-state index in [0.29, 0.717) is 25.7 Å². The summed E-state index contributed by atoms with van der Waals surface area (Å²) in [6, 6.07) is 4.70. The zero-order valence-electron chi connectivity index (χ0n) is 12.6. The zero-order chi connectivity index (χ0) is 17.9. The number of benzene rings is 1. The Kier molecular flexibility index (Phi) is 5.53. The largest absolute Gasteiger partial charge is 0.481 e. The van der Waals surface area contributed by atoms with Crippen LogP contribution < -0.4 is 5.32 Å². The van der Waals surface area contributed by atoms with Crippen molar-refractivity contribution in [3.05, 3.63) is 24.3 Å². The minimum atomic E-state index is -4.73. The van der Waals surface area contributed by atoms with Crippen LogP contribution >= 0.6 is 0 Å². The predicted molar refractivity (Wildman–Crippen MR) is 81.3 cm³/mol. The minimum Gasteiger partial charge on any atom is -0.481 e. The molecular weight excluding hydrogens is 344 g/mol. The highest BCUT2D eigenvalue weighted by Crippen LogP contribution is 2.30. The second kappa shape index (κ2) is 7.25. The third kappa shape index (κ3) is 4.08. The maximum Gasteiger partial charge on any atom is 0.341 e. The molecule has 132 valence electrons. The number of carboxylic acid groups (broad SMARTS) is 1. The van der Waals surface area contributed by atoms with Gasteiger partial charge in [-0.25, -0.2) is 8.42 Å². The number of carbonyl (C=O) groups is 2. The average Bonchev–Trinajstić information content (AvgIpc) is 2.55. The lowest BCUT2D eigenvalue weighted by Gasteiger charge is -2.25. The molecule has 1 saturated carbocycles. The Labute approximate surface area is 137 Å². The molecule has 9 heteroatoms. The van der Waals surface area contributed by atoms with Gasteiger partial charge in [-0.05, 0) is 43.9 Å². The van der Waals surface area contributed by atoms with Crippen LogP contribution in [0.25, 0.3) is 0 Å². The lowest BCUT2D eigenvalue weighted by atomic mass is 9.81. The number of alkyl halides is 2. The summed E-state index contributed by atoms with van der Waals surface area (Å²) in [6.45, 7) is 0. The molecule has 6 nitrogen and oxygen atoms in total. The first-order valence-electron chi connectivity index (χ1n) is 7.37. The van der Waals surface area contributed by atoms with Gasteiger partial charge in [0.05, 0.1) is 10.8 Å². The monoisotopic (exact) mass is 361 g/mol. The average molecular weight is 361 g/mol. The van der Waals surface area contributed by atoms with Gasteiger partial charge in [-0.15, -0.1) is 0 Å². The lowest BCUT2D eigenvalue weighted by Crippen LogP contribution is -2.29. The van der Waals surface area contributed by atoms with E-state index in [1.165, 1.54) is 12.1 Å². The second-order valence-electron chi connectivity index (χ2n) is 5.71. The molecule has 1 aromatic rings. The number of hydrogen-bond acceptors (Lipinski definition) is 4. The number of sulfone groups is 1. The van der Waals surface area contributed by atoms with E-state index in [0.717, 1.165) is 12.1 Å². The van der Waals surface area contributed by atoms with Gasteiger partial charge >= 0.3 is 11.7 Å². The third-order valence-corrected chi connectivity index (χ3v) is 5.49. The summed E-state index contributed by atoms with van der Waals surface area (Å²) in [7, 11) is -4.73.